The fraction of sp³-hybridized carbons (Fsp3) is 0.185. The molecule has 0 aliphatic carbocycles. The van der Waals surface area contributed by atoms with Crippen LogP contribution < -0.4 is 5.11 Å². The number of rotatable bonds is 4. The van der Waals surface area contributed by atoms with Gasteiger partial charge in [-0.15, -0.1) is 0 Å². The molecule has 0 aliphatic heterocycles. The number of benzene rings is 4. The van der Waals surface area contributed by atoms with Gasteiger partial charge in [0.2, 0.25) is 0 Å². The standard InChI is InChI=1S/C16H12N2O4S.C10H14.CH4O.H2O.Ru/c19-15-10-5-11-3-1-2-4-14(11)16(15)18-17-12-6-8-13(9-7-12)23(20,21)22;1-8(2)10-6-4-9(3)5-7-10;1-2;;/h1-10,19H,(H,20,21,22);4-8H,1-3H3;2H,1H3;1H2;/q;;;;+2/p-1. The molecule has 198 valence electrons. The molecule has 4 aromatic rings. The van der Waals surface area contributed by atoms with E-state index in [9.17, 15) is 18.1 Å². The zero-order valence-corrected chi connectivity index (χ0v) is 23.5. The summed E-state index contributed by atoms with van der Waals surface area (Å²) in [4.78, 5) is -0.342. The molecule has 0 atom stereocenters. The number of aliphatic hydroxyl groups excluding tert-OH is 1. The molecule has 0 unspecified atom stereocenters. The van der Waals surface area contributed by atoms with Crippen molar-refractivity contribution in [3.05, 3.63) is 96.1 Å². The van der Waals surface area contributed by atoms with Crippen LogP contribution in [0.1, 0.15) is 30.9 Å². The van der Waals surface area contributed by atoms with Crippen LogP contribution in [0.3, 0.4) is 0 Å². The summed E-state index contributed by atoms with van der Waals surface area (Å²) in [5, 5.41) is 28.4. The molecule has 0 bridgehead atoms. The van der Waals surface area contributed by atoms with Gasteiger partial charge in [0.15, 0.2) is 0 Å². The van der Waals surface area contributed by atoms with Crippen molar-refractivity contribution in [1.82, 2.24) is 0 Å². The molecule has 10 heteroatoms. The summed E-state index contributed by atoms with van der Waals surface area (Å²) in [6.07, 6.45) is 0. The minimum atomic E-state index is -4.49. The zero-order valence-electron chi connectivity index (χ0n) is 21.0. The molecule has 37 heavy (non-hydrogen) atoms. The van der Waals surface area contributed by atoms with Crippen molar-refractivity contribution in [2.75, 3.05) is 7.11 Å². The first kappa shape index (κ1) is 34.0. The van der Waals surface area contributed by atoms with Crippen LogP contribution in [0.2, 0.25) is 0 Å². The number of aliphatic hydroxyl groups is 1. The summed E-state index contributed by atoms with van der Waals surface area (Å²) in [6.45, 7) is 6.54. The first-order valence-electron chi connectivity index (χ1n) is 10.8. The third-order valence-corrected chi connectivity index (χ3v) is 5.85. The molecule has 4 rings (SSSR count). The minimum absolute atomic E-state index is 0. The molecular formula is C27H31N2O6RuS+. The Labute approximate surface area is 230 Å². The van der Waals surface area contributed by atoms with Gasteiger partial charge in [0.25, 0.3) is 0 Å². The smallest absolute Gasteiger partial charge is 0.871 e. The van der Waals surface area contributed by atoms with Crippen LogP contribution in [-0.2, 0) is 35.1 Å². The molecule has 0 spiro atoms. The monoisotopic (exact) mass is 613 g/mol. The second-order valence-corrected chi connectivity index (χ2v) is 9.23. The summed E-state index contributed by atoms with van der Waals surface area (Å²) in [6, 6.07) is 24.1. The van der Waals surface area contributed by atoms with Crippen molar-refractivity contribution in [3.8, 4) is 5.75 Å². The average molecular weight is 613 g/mol. The minimum Gasteiger partial charge on any atom is -0.871 e. The first-order chi connectivity index (χ1) is 16.6. The Morgan fingerprint density at radius 1 is 0.811 bits per heavy atom. The number of nitrogens with zero attached hydrogens (tertiary/aromatic N) is 2. The number of aryl methyl sites for hydroxylation is 1. The summed E-state index contributed by atoms with van der Waals surface area (Å²) < 4.78 is 32.6. The van der Waals surface area contributed by atoms with Gasteiger partial charge in [-0.05, 0) is 48.1 Å². The predicted molar refractivity (Wildman–Crippen MR) is 140 cm³/mol. The quantitative estimate of drug-likeness (QED) is 0.148. The van der Waals surface area contributed by atoms with Crippen LogP contribution in [-0.4, -0.2) is 25.2 Å². The molecule has 0 aliphatic rings. The van der Waals surface area contributed by atoms with Gasteiger partial charge in [-0.2, -0.15) is 10.2 Å². The molecule has 0 aromatic heterocycles. The van der Waals surface area contributed by atoms with Gasteiger partial charge in [-0.1, -0.05) is 85.8 Å². The summed E-state index contributed by atoms with van der Waals surface area (Å²) >= 11 is 0. The van der Waals surface area contributed by atoms with Crippen molar-refractivity contribution in [1.29, 1.82) is 0 Å². The molecule has 4 aromatic carbocycles. The van der Waals surface area contributed by atoms with E-state index in [0.29, 0.717) is 17.0 Å². The predicted octanol–water partition coefficient (Wildman–Crippen LogP) is 5.04. The van der Waals surface area contributed by atoms with Gasteiger partial charge in [-0.25, -0.2) is 8.42 Å². The maximum atomic E-state index is 12.0. The van der Waals surface area contributed by atoms with Crippen LogP contribution in [0, 0.1) is 6.92 Å². The number of hydrogen-bond acceptors (Lipinski definition) is 7. The third kappa shape index (κ3) is 10.1. The molecule has 0 amide bonds. The van der Waals surface area contributed by atoms with Crippen molar-refractivity contribution in [2.45, 2.75) is 31.6 Å². The van der Waals surface area contributed by atoms with E-state index in [-0.39, 0.29) is 41.3 Å². The number of azo groups is 1. The normalized spacial score (nSPS) is 10.5. The van der Waals surface area contributed by atoms with Crippen LogP contribution in [0.4, 0.5) is 11.4 Å². The Bertz CT molecular complexity index is 1370. The maximum absolute atomic E-state index is 12.0. The van der Waals surface area contributed by atoms with E-state index in [1.807, 2.05) is 12.1 Å². The van der Waals surface area contributed by atoms with Gasteiger partial charge in [0, 0.05) is 12.5 Å². The fourth-order valence-corrected chi connectivity index (χ4v) is 3.55. The van der Waals surface area contributed by atoms with E-state index in [1.165, 1.54) is 29.3 Å². The molecule has 0 heterocycles. The van der Waals surface area contributed by atoms with Crippen LogP contribution >= 0.6 is 0 Å². The molecule has 4 N–H and O–H groups in total. The third-order valence-electron chi connectivity index (χ3n) is 5.00. The molecule has 0 fully saturated rings. The van der Waals surface area contributed by atoms with Gasteiger partial charge >= 0.3 is 19.5 Å². The van der Waals surface area contributed by atoms with Gasteiger partial charge in [0.1, 0.15) is 10.1 Å². The summed E-state index contributed by atoms with van der Waals surface area (Å²) in [5.41, 5.74) is 3.31. The van der Waals surface area contributed by atoms with Gasteiger partial charge in [-0.3, -0.25) is 0 Å². The van der Waals surface area contributed by atoms with E-state index < -0.39 is 10.1 Å². The number of hydrogen-bond donors (Lipinski definition) is 1. The Hall–Kier alpha value is -3.01. The zero-order chi connectivity index (χ0) is 26.0. The van der Waals surface area contributed by atoms with Crippen molar-refractivity contribution in [2.24, 2.45) is 10.2 Å². The van der Waals surface area contributed by atoms with Crippen LogP contribution in [0.15, 0.2) is 100 Å². The first-order valence-corrected chi connectivity index (χ1v) is 12.2. The van der Waals surface area contributed by atoms with Gasteiger partial charge < -0.3 is 20.2 Å². The van der Waals surface area contributed by atoms with Crippen molar-refractivity contribution >= 4 is 32.3 Å². The molecule has 0 radical (unpaired) electrons. The van der Waals surface area contributed by atoms with E-state index in [0.717, 1.165) is 24.6 Å². The van der Waals surface area contributed by atoms with Crippen LogP contribution in [0.25, 0.3) is 10.8 Å². The molecule has 0 saturated carbocycles. The topological polar surface area (TPSA) is 158 Å². The average Bonchev–Trinajstić information content (AvgIpc) is 2.85. The second kappa shape index (κ2) is 16.0. The van der Waals surface area contributed by atoms with Crippen molar-refractivity contribution in [3.63, 3.8) is 0 Å². The fourth-order valence-electron chi connectivity index (χ4n) is 3.08. The SMILES string of the molecule is CO.Cc1ccc(C(C)C)cc1.O=S(=O)([O-])c1ccc(N=Nc2c([O-])ccc3ccccc23)cc1.[OH3+].[Ru+2]. The Morgan fingerprint density at radius 2 is 1.38 bits per heavy atom. The van der Waals surface area contributed by atoms with E-state index in [4.69, 9.17) is 5.11 Å². The largest absolute Gasteiger partial charge is 2.00 e. The Morgan fingerprint density at radius 3 is 1.92 bits per heavy atom. The van der Waals surface area contributed by atoms with E-state index in [1.54, 1.807) is 18.2 Å². The van der Waals surface area contributed by atoms with Crippen molar-refractivity contribution < 1.29 is 48.1 Å². The summed E-state index contributed by atoms with van der Waals surface area (Å²) in [5.74, 6) is 0.395. The molecule has 0 saturated heterocycles. The molecule has 8 nitrogen and oxygen atoms in total. The Kier molecular flexibility index (Phi) is 14.7. The summed E-state index contributed by atoms with van der Waals surface area (Å²) in [7, 11) is -3.49. The van der Waals surface area contributed by atoms with E-state index in [2.05, 4.69) is 55.3 Å². The second-order valence-electron chi connectivity index (χ2n) is 7.85. The van der Waals surface area contributed by atoms with Gasteiger partial charge in [0.05, 0.1) is 16.3 Å². The molecular weight excluding hydrogens is 581 g/mol. The number of fused-ring (bicyclic) bond motifs is 1. The van der Waals surface area contributed by atoms with E-state index >= 15 is 0 Å². The van der Waals surface area contributed by atoms with Crippen LogP contribution in [0.5, 0.6) is 5.75 Å². The maximum Gasteiger partial charge on any atom is 2.00 e. The Balaban J connectivity index is 0.000000786.